The molecule has 0 aliphatic carbocycles. The Labute approximate surface area is 82.3 Å². The Morgan fingerprint density at radius 3 is 2.92 bits per heavy atom. The lowest BCUT2D eigenvalue weighted by atomic mass is 10.7. The van der Waals surface area contributed by atoms with Crippen LogP contribution in [0.4, 0.5) is 9.93 Å². The molecule has 70 valence electrons. The zero-order chi connectivity index (χ0) is 9.68. The second kappa shape index (κ2) is 4.73. The number of nitrogens with one attached hydrogen (secondary N) is 2. The summed E-state index contributed by atoms with van der Waals surface area (Å²) in [6.07, 6.45) is 0. The standard InChI is InChI=1S/C5H5ClN4O2S/c6-1-3(11)8-4(12)9-5-10-7-2-13-5/h2H,1H2,(H2,8,9,10,11,12). The van der Waals surface area contributed by atoms with Crippen LogP contribution in [-0.2, 0) is 4.79 Å². The van der Waals surface area contributed by atoms with E-state index in [2.05, 4.69) is 15.5 Å². The molecule has 1 aromatic heterocycles. The summed E-state index contributed by atoms with van der Waals surface area (Å²) in [4.78, 5) is 21.5. The summed E-state index contributed by atoms with van der Waals surface area (Å²) < 4.78 is 0. The molecule has 0 aromatic carbocycles. The van der Waals surface area contributed by atoms with Gasteiger partial charge in [0.15, 0.2) is 0 Å². The van der Waals surface area contributed by atoms with Crippen molar-refractivity contribution in [1.82, 2.24) is 15.5 Å². The van der Waals surface area contributed by atoms with Gasteiger partial charge in [-0.1, -0.05) is 11.3 Å². The summed E-state index contributed by atoms with van der Waals surface area (Å²) >= 11 is 6.31. The molecule has 0 aliphatic rings. The van der Waals surface area contributed by atoms with Crippen molar-refractivity contribution >= 4 is 40.0 Å². The zero-order valence-electron chi connectivity index (χ0n) is 6.28. The van der Waals surface area contributed by atoms with Crippen molar-refractivity contribution in [3.8, 4) is 0 Å². The van der Waals surface area contributed by atoms with Crippen molar-refractivity contribution in [3.05, 3.63) is 5.51 Å². The first-order valence-corrected chi connectivity index (χ1v) is 4.56. The number of halogens is 1. The van der Waals surface area contributed by atoms with Gasteiger partial charge >= 0.3 is 6.03 Å². The fraction of sp³-hybridized carbons (Fsp3) is 0.200. The Bertz CT molecular complexity index is 301. The van der Waals surface area contributed by atoms with E-state index in [-0.39, 0.29) is 5.88 Å². The molecular formula is C5H5ClN4O2S. The highest BCUT2D eigenvalue weighted by atomic mass is 35.5. The molecular weight excluding hydrogens is 216 g/mol. The number of aromatic nitrogens is 2. The van der Waals surface area contributed by atoms with Crippen molar-refractivity contribution in [2.45, 2.75) is 0 Å². The highest BCUT2D eigenvalue weighted by Crippen LogP contribution is 2.06. The predicted molar refractivity (Wildman–Crippen MR) is 47.8 cm³/mol. The molecule has 2 N–H and O–H groups in total. The molecule has 1 heterocycles. The Morgan fingerprint density at radius 1 is 1.62 bits per heavy atom. The molecule has 1 aromatic rings. The minimum atomic E-state index is -0.664. The molecule has 0 radical (unpaired) electrons. The first kappa shape index (κ1) is 9.87. The van der Waals surface area contributed by atoms with Gasteiger partial charge in [-0.05, 0) is 0 Å². The van der Waals surface area contributed by atoms with Crippen LogP contribution >= 0.6 is 22.9 Å². The van der Waals surface area contributed by atoms with Gasteiger partial charge in [0.25, 0.3) is 0 Å². The second-order valence-corrected chi connectivity index (χ2v) is 2.98. The van der Waals surface area contributed by atoms with Gasteiger partial charge in [0.2, 0.25) is 11.0 Å². The van der Waals surface area contributed by atoms with Crippen molar-refractivity contribution in [2.24, 2.45) is 0 Å². The fourth-order valence-electron chi connectivity index (χ4n) is 0.516. The average molecular weight is 221 g/mol. The van der Waals surface area contributed by atoms with Crippen molar-refractivity contribution in [1.29, 1.82) is 0 Å². The summed E-state index contributed by atoms with van der Waals surface area (Å²) in [6, 6.07) is -0.664. The topological polar surface area (TPSA) is 84.0 Å². The fourth-order valence-corrected chi connectivity index (χ4v) is 1.02. The van der Waals surface area contributed by atoms with E-state index >= 15 is 0 Å². The van der Waals surface area contributed by atoms with Crippen molar-refractivity contribution in [2.75, 3.05) is 11.2 Å². The molecule has 8 heteroatoms. The Balaban J connectivity index is 2.38. The van der Waals surface area contributed by atoms with Gasteiger partial charge in [-0.15, -0.1) is 21.8 Å². The minimum Gasteiger partial charge on any atom is -0.282 e. The third-order valence-corrected chi connectivity index (χ3v) is 1.80. The first-order chi connectivity index (χ1) is 6.22. The molecule has 6 nitrogen and oxygen atoms in total. The van der Waals surface area contributed by atoms with Crippen molar-refractivity contribution in [3.63, 3.8) is 0 Å². The van der Waals surface area contributed by atoms with E-state index in [1.54, 1.807) is 0 Å². The number of urea groups is 1. The number of hydrogen-bond acceptors (Lipinski definition) is 5. The highest BCUT2D eigenvalue weighted by molar-refractivity contribution is 7.13. The van der Waals surface area contributed by atoms with Crippen LogP contribution in [0.1, 0.15) is 0 Å². The van der Waals surface area contributed by atoms with Gasteiger partial charge < -0.3 is 0 Å². The number of nitrogens with zero attached hydrogens (tertiary/aromatic N) is 2. The summed E-state index contributed by atoms with van der Waals surface area (Å²) in [5.74, 6) is -0.826. The lowest BCUT2D eigenvalue weighted by Crippen LogP contribution is -2.35. The molecule has 13 heavy (non-hydrogen) atoms. The maximum atomic E-state index is 10.9. The monoisotopic (exact) mass is 220 g/mol. The van der Waals surface area contributed by atoms with E-state index in [9.17, 15) is 9.59 Å². The van der Waals surface area contributed by atoms with Gasteiger partial charge in [0, 0.05) is 0 Å². The van der Waals surface area contributed by atoms with Gasteiger partial charge in [0.1, 0.15) is 11.4 Å². The molecule has 0 fully saturated rings. The molecule has 0 aliphatic heterocycles. The highest BCUT2D eigenvalue weighted by Gasteiger charge is 2.07. The SMILES string of the molecule is O=C(CCl)NC(=O)Nc1nncs1. The van der Waals surface area contributed by atoms with Crippen LogP contribution < -0.4 is 10.6 Å². The van der Waals surface area contributed by atoms with Gasteiger partial charge in [-0.2, -0.15) is 0 Å². The molecule has 3 amide bonds. The van der Waals surface area contributed by atoms with E-state index < -0.39 is 11.9 Å². The average Bonchev–Trinajstić information content (AvgIpc) is 2.56. The van der Waals surface area contributed by atoms with E-state index in [0.29, 0.717) is 5.13 Å². The Morgan fingerprint density at radius 2 is 2.38 bits per heavy atom. The molecule has 0 spiro atoms. The molecule has 0 saturated carbocycles. The third kappa shape index (κ3) is 3.34. The zero-order valence-corrected chi connectivity index (χ0v) is 7.85. The Kier molecular flexibility index (Phi) is 3.59. The number of carbonyl (C=O) groups excluding carboxylic acids is 2. The quantitative estimate of drug-likeness (QED) is 0.708. The largest absolute Gasteiger partial charge is 0.327 e. The van der Waals surface area contributed by atoms with Crippen LogP contribution in [-0.4, -0.2) is 28.0 Å². The molecule has 1 rings (SSSR count). The third-order valence-electron chi connectivity index (χ3n) is 0.955. The molecule has 0 atom stereocenters. The van der Waals surface area contributed by atoms with Crippen LogP contribution in [0.25, 0.3) is 0 Å². The number of carbonyl (C=O) groups is 2. The summed E-state index contributed by atoms with van der Waals surface area (Å²) in [7, 11) is 0. The summed E-state index contributed by atoms with van der Waals surface area (Å²) in [6.45, 7) is 0. The van der Waals surface area contributed by atoms with Crippen molar-refractivity contribution < 1.29 is 9.59 Å². The van der Waals surface area contributed by atoms with Crippen LogP contribution in [0.2, 0.25) is 0 Å². The minimum absolute atomic E-state index is 0.260. The van der Waals surface area contributed by atoms with Crippen LogP contribution in [0.5, 0.6) is 0 Å². The molecule has 0 saturated heterocycles. The molecule has 0 unspecified atom stereocenters. The van der Waals surface area contributed by atoms with E-state index in [1.165, 1.54) is 5.51 Å². The lowest BCUT2D eigenvalue weighted by Gasteiger charge is -2.00. The smallest absolute Gasteiger partial charge is 0.282 e. The number of hydrogen-bond donors (Lipinski definition) is 2. The number of rotatable bonds is 2. The first-order valence-electron chi connectivity index (χ1n) is 3.15. The summed E-state index contributed by atoms with van der Waals surface area (Å²) in [5.41, 5.74) is 1.46. The number of amides is 3. The van der Waals surface area contributed by atoms with E-state index in [1.807, 2.05) is 5.32 Å². The maximum absolute atomic E-state index is 10.9. The lowest BCUT2D eigenvalue weighted by molar-refractivity contribution is -0.117. The van der Waals surface area contributed by atoms with E-state index in [0.717, 1.165) is 11.3 Å². The second-order valence-electron chi connectivity index (χ2n) is 1.88. The predicted octanol–water partition coefficient (Wildman–Crippen LogP) is 0.425. The number of alkyl halides is 1. The molecule has 0 bridgehead atoms. The van der Waals surface area contributed by atoms with E-state index in [4.69, 9.17) is 11.6 Å². The van der Waals surface area contributed by atoms with Crippen LogP contribution in [0, 0.1) is 0 Å². The van der Waals surface area contributed by atoms with Crippen LogP contribution in [0.15, 0.2) is 5.51 Å². The number of imide groups is 1. The number of anilines is 1. The normalized spacial score (nSPS) is 9.31. The van der Waals surface area contributed by atoms with Crippen LogP contribution in [0.3, 0.4) is 0 Å². The van der Waals surface area contributed by atoms with Gasteiger partial charge in [-0.3, -0.25) is 15.4 Å². The van der Waals surface area contributed by atoms with Gasteiger partial charge in [-0.25, -0.2) is 4.79 Å². The summed E-state index contributed by atoms with van der Waals surface area (Å²) in [5, 5.41) is 11.6. The van der Waals surface area contributed by atoms with Gasteiger partial charge in [0.05, 0.1) is 0 Å². The Hall–Kier alpha value is -1.21. The maximum Gasteiger partial charge on any atom is 0.327 e.